The number of rotatable bonds is 10. The third-order valence-corrected chi connectivity index (χ3v) is 2.80. The van der Waals surface area contributed by atoms with Crippen LogP contribution in [-0.2, 0) is 4.74 Å². The van der Waals surface area contributed by atoms with Crippen molar-refractivity contribution in [3.05, 3.63) is 12.8 Å². The molecule has 0 saturated carbocycles. The van der Waals surface area contributed by atoms with Crippen molar-refractivity contribution in [1.29, 1.82) is 0 Å². The van der Waals surface area contributed by atoms with Gasteiger partial charge in [0, 0.05) is 0 Å². The summed E-state index contributed by atoms with van der Waals surface area (Å²) in [7, 11) is 0. The van der Waals surface area contributed by atoms with E-state index in [1.807, 2.05) is 0 Å². The highest BCUT2D eigenvalue weighted by Gasteiger charge is 2.17. The van der Waals surface area contributed by atoms with E-state index in [9.17, 15) is 0 Å². The van der Waals surface area contributed by atoms with E-state index in [-0.39, 0.29) is 0 Å². The molecule has 15 heavy (non-hydrogen) atoms. The predicted molar refractivity (Wildman–Crippen MR) is 67.9 cm³/mol. The lowest BCUT2D eigenvalue weighted by molar-refractivity contribution is 0.127. The molecule has 1 heteroatoms. The number of hydrogen-bond donors (Lipinski definition) is 0. The normalized spacial score (nSPS) is 11.4. The van der Waals surface area contributed by atoms with Crippen molar-refractivity contribution in [2.24, 2.45) is 5.41 Å². The molecule has 0 bridgehead atoms. The third kappa shape index (κ3) is 9.84. The Hall–Kier alpha value is -0.460. The molecule has 1 nitrogen and oxygen atoms in total. The van der Waals surface area contributed by atoms with E-state index >= 15 is 0 Å². The molecule has 0 spiro atoms. The predicted octanol–water partition coefficient (Wildman–Crippen LogP) is 4.92. The number of ether oxygens (including phenoxy) is 1. The molecule has 0 aliphatic rings. The first-order valence-electron chi connectivity index (χ1n) is 6.35. The second kappa shape index (κ2) is 8.82. The van der Waals surface area contributed by atoms with Crippen molar-refractivity contribution in [3.8, 4) is 0 Å². The van der Waals surface area contributed by atoms with Crippen LogP contribution in [0.15, 0.2) is 12.8 Å². The summed E-state index contributed by atoms with van der Waals surface area (Å²) in [5.74, 6) is 0. The van der Waals surface area contributed by atoms with Crippen molar-refractivity contribution in [2.45, 2.75) is 65.7 Å². The summed E-state index contributed by atoms with van der Waals surface area (Å²) >= 11 is 0. The third-order valence-electron chi connectivity index (χ3n) is 2.80. The van der Waals surface area contributed by atoms with Gasteiger partial charge in [-0.25, -0.2) is 0 Å². The molecule has 0 unspecified atom stereocenters. The monoisotopic (exact) mass is 212 g/mol. The van der Waals surface area contributed by atoms with Crippen LogP contribution >= 0.6 is 0 Å². The Bertz CT molecular complexity index is 149. The molecule has 0 N–H and O–H groups in total. The standard InChI is InChI=1S/C14H28O/c1-5-7-8-9-10-11-12-14(3,4)13-15-6-2/h6H,2,5,7-13H2,1,3-4H3. The molecular weight excluding hydrogens is 184 g/mol. The summed E-state index contributed by atoms with van der Waals surface area (Å²) < 4.78 is 5.26. The van der Waals surface area contributed by atoms with Gasteiger partial charge in [-0.3, -0.25) is 0 Å². The fourth-order valence-corrected chi connectivity index (χ4v) is 1.74. The van der Waals surface area contributed by atoms with Gasteiger partial charge >= 0.3 is 0 Å². The van der Waals surface area contributed by atoms with Crippen LogP contribution in [0.5, 0.6) is 0 Å². The van der Waals surface area contributed by atoms with Gasteiger partial charge in [-0.1, -0.05) is 65.9 Å². The minimum Gasteiger partial charge on any atom is -0.501 e. The van der Waals surface area contributed by atoms with Crippen LogP contribution in [0.2, 0.25) is 0 Å². The Balaban J connectivity index is 3.35. The van der Waals surface area contributed by atoms with Gasteiger partial charge in [0.1, 0.15) is 0 Å². The molecule has 0 atom stereocenters. The Morgan fingerprint density at radius 3 is 2.27 bits per heavy atom. The zero-order valence-electron chi connectivity index (χ0n) is 10.8. The minimum absolute atomic E-state index is 0.305. The SMILES string of the molecule is C=COCC(C)(C)CCCCCCCC. The van der Waals surface area contributed by atoms with Crippen LogP contribution in [0.3, 0.4) is 0 Å². The van der Waals surface area contributed by atoms with Gasteiger partial charge in [-0.05, 0) is 11.8 Å². The fourth-order valence-electron chi connectivity index (χ4n) is 1.74. The van der Waals surface area contributed by atoms with Crippen LogP contribution in [0.25, 0.3) is 0 Å². The van der Waals surface area contributed by atoms with E-state index in [4.69, 9.17) is 4.74 Å². The lowest BCUT2D eigenvalue weighted by Crippen LogP contribution is -2.17. The van der Waals surface area contributed by atoms with Crippen LogP contribution in [0, 0.1) is 5.41 Å². The summed E-state index contributed by atoms with van der Waals surface area (Å²) in [6.45, 7) is 11.2. The van der Waals surface area contributed by atoms with Crippen molar-refractivity contribution in [2.75, 3.05) is 6.61 Å². The van der Waals surface area contributed by atoms with E-state index in [0.29, 0.717) is 5.41 Å². The molecule has 0 amide bonds. The van der Waals surface area contributed by atoms with E-state index in [1.54, 1.807) is 6.26 Å². The van der Waals surface area contributed by atoms with Crippen molar-refractivity contribution < 1.29 is 4.74 Å². The smallest absolute Gasteiger partial charge is 0.0923 e. The molecule has 0 aromatic rings. The highest BCUT2D eigenvalue weighted by atomic mass is 16.5. The molecular formula is C14H28O. The molecule has 0 aliphatic carbocycles. The Kier molecular flexibility index (Phi) is 8.55. The van der Waals surface area contributed by atoms with E-state index < -0.39 is 0 Å². The first-order valence-corrected chi connectivity index (χ1v) is 6.35. The Morgan fingerprint density at radius 2 is 1.67 bits per heavy atom. The lowest BCUT2D eigenvalue weighted by Gasteiger charge is -2.23. The lowest BCUT2D eigenvalue weighted by atomic mass is 9.88. The van der Waals surface area contributed by atoms with Crippen LogP contribution < -0.4 is 0 Å². The zero-order valence-corrected chi connectivity index (χ0v) is 10.8. The van der Waals surface area contributed by atoms with Gasteiger partial charge in [-0.2, -0.15) is 0 Å². The van der Waals surface area contributed by atoms with Crippen molar-refractivity contribution in [1.82, 2.24) is 0 Å². The maximum Gasteiger partial charge on any atom is 0.0923 e. The highest BCUT2D eigenvalue weighted by molar-refractivity contribution is 4.69. The molecule has 0 heterocycles. The Morgan fingerprint density at radius 1 is 1.07 bits per heavy atom. The van der Waals surface area contributed by atoms with Crippen molar-refractivity contribution >= 4 is 0 Å². The van der Waals surface area contributed by atoms with E-state index in [2.05, 4.69) is 27.4 Å². The van der Waals surface area contributed by atoms with Gasteiger partial charge in [-0.15, -0.1) is 0 Å². The summed E-state index contributed by atoms with van der Waals surface area (Å²) in [6, 6.07) is 0. The van der Waals surface area contributed by atoms with Gasteiger partial charge in [0.25, 0.3) is 0 Å². The fraction of sp³-hybridized carbons (Fsp3) is 0.857. The quantitative estimate of drug-likeness (QED) is 0.369. The highest BCUT2D eigenvalue weighted by Crippen LogP contribution is 2.24. The van der Waals surface area contributed by atoms with Crippen LogP contribution in [0.4, 0.5) is 0 Å². The second-order valence-electron chi connectivity index (χ2n) is 5.16. The molecule has 0 radical (unpaired) electrons. The van der Waals surface area contributed by atoms with Crippen LogP contribution in [0.1, 0.15) is 65.7 Å². The molecule has 0 saturated heterocycles. The average Bonchev–Trinajstić information content (AvgIpc) is 2.20. The summed E-state index contributed by atoms with van der Waals surface area (Å²) in [6.07, 6.45) is 11.0. The van der Waals surface area contributed by atoms with Gasteiger partial charge in [0.2, 0.25) is 0 Å². The van der Waals surface area contributed by atoms with Gasteiger partial charge < -0.3 is 4.74 Å². The Labute approximate surface area is 95.9 Å². The topological polar surface area (TPSA) is 9.23 Å². The summed E-state index contributed by atoms with van der Waals surface area (Å²) in [5, 5.41) is 0. The maximum absolute atomic E-state index is 5.26. The maximum atomic E-state index is 5.26. The van der Waals surface area contributed by atoms with E-state index in [1.165, 1.54) is 44.9 Å². The molecule has 0 fully saturated rings. The zero-order chi connectivity index (χ0) is 11.6. The molecule has 0 rings (SSSR count). The summed E-state index contributed by atoms with van der Waals surface area (Å²) in [5.41, 5.74) is 0.305. The number of unbranched alkanes of at least 4 members (excludes halogenated alkanes) is 5. The first kappa shape index (κ1) is 14.5. The molecule has 0 aromatic heterocycles. The average molecular weight is 212 g/mol. The second-order valence-corrected chi connectivity index (χ2v) is 5.16. The molecule has 0 aromatic carbocycles. The molecule has 0 aliphatic heterocycles. The minimum atomic E-state index is 0.305. The number of hydrogen-bond acceptors (Lipinski definition) is 1. The molecule has 90 valence electrons. The first-order chi connectivity index (χ1) is 7.12. The van der Waals surface area contributed by atoms with Gasteiger partial charge in [0.15, 0.2) is 0 Å². The van der Waals surface area contributed by atoms with Gasteiger partial charge in [0.05, 0.1) is 12.9 Å². The van der Waals surface area contributed by atoms with Crippen LogP contribution in [-0.4, -0.2) is 6.61 Å². The largest absolute Gasteiger partial charge is 0.501 e. The van der Waals surface area contributed by atoms with E-state index in [0.717, 1.165) is 6.61 Å². The van der Waals surface area contributed by atoms with Crippen molar-refractivity contribution in [3.63, 3.8) is 0 Å². The summed E-state index contributed by atoms with van der Waals surface area (Å²) in [4.78, 5) is 0.